The molecule has 0 aliphatic carbocycles. The third-order valence-corrected chi connectivity index (χ3v) is 3.51. The fourth-order valence-corrected chi connectivity index (χ4v) is 2.20. The van der Waals surface area contributed by atoms with Crippen molar-refractivity contribution in [1.82, 2.24) is 5.32 Å². The Kier molecular flexibility index (Phi) is 4.40. The zero-order valence-corrected chi connectivity index (χ0v) is 11.9. The molecule has 0 saturated carbocycles. The number of phenols is 1. The lowest BCUT2D eigenvalue weighted by molar-refractivity contribution is 0.417. The predicted octanol–water partition coefficient (Wildman–Crippen LogP) is 3.60. The Labute approximate surface area is 119 Å². The van der Waals surface area contributed by atoms with Crippen LogP contribution in [-0.4, -0.2) is 11.7 Å². The molecule has 2 rings (SSSR count). The van der Waals surface area contributed by atoms with Crippen LogP contribution in [0.2, 0.25) is 0 Å². The lowest BCUT2D eigenvalue weighted by Crippen LogP contribution is -2.32. The van der Waals surface area contributed by atoms with Crippen LogP contribution in [0.5, 0.6) is 5.75 Å². The first kappa shape index (κ1) is 14.5. The average molecular weight is 273 g/mol. The Balaban J connectivity index is 1.97. The summed E-state index contributed by atoms with van der Waals surface area (Å²) in [5, 5.41) is 12.9. The monoisotopic (exact) mass is 273 g/mol. The molecule has 0 fully saturated rings. The van der Waals surface area contributed by atoms with Crippen molar-refractivity contribution in [3.63, 3.8) is 0 Å². The van der Waals surface area contributed by atoms with Gasteiger partial charge in [-0.25, -0.2) is 4.39 Å². The molecule has 0 radical (unpaired) electrons. The van der Waals surface area contributed by atoms with Crippen LogP contribution < -0.4 is 5.32 Å². The fourth-order valence-electron chi connectivity index (χ4n) is 2.20. The van der Waals surface area contributed by atoms with Gasteiger partial charge >= 0.3 is 0 Å². The van der Waals surface area contributed by atoms with Crippen LogP contribution >= 0.6 is 0 Å². The van der Waals surface area contributed by atoms with Crippen molar-refractivity contribution >= 4 is 0 Å². The van der Waals surface area contributed by atoms with E-state index in [1.54, 1.807) is 12.1 Å². The lowest BCUT2D eigenvalue weighted by Gasteiger charge is -2.26. The summed E-state index contributed by atoms with van der Waals surface area (Å²) in [6, 6.07) is 14.8. The molecule has 0 aliphatic rings. The average Bonchev–Trinajstić information content (AvgIpc) is 2.44. The van der Waals surface area contributed by atoms with Crippen molar-refractivity contribution in [3.8, 4) is 5.75 Å². The summed E-state index contributed by atoms with van der Waals surface area (Å²) in [7, 11) is 0. The molecule has 2 aromatic carbocycles. The van der Waals surface area contributed by atoms with Gasteiger partial charge in [0.1, 0.15) is 0 Å². The molecular weight excluding hydrogens is 253 g/mol. The van der Waals surface area contributed by atoms with Crippen molar-refractivity contribution in [2.75, 3.05) is 6.54 Å². The first-order valence-corrected chi connectivity index (χ1v) is 6.73. The minimum Gasteiger partial charge on any atom is -0.505 e. The summed E-state index contributed by atoms with van der Waals surface area (Å²) in [6.45, 7) is 5.49. The molecule has 2 aromatic rings. The first-order valence-electron chi connectivity index (χ1n) is 6.73. The van der Waals surface area contributed by atoms with Gasteiger partial charge in [-0.2, -0.15) is 0 Å². The van der Waals surface area contributed by atoms with Gasteiger partial charge in [-0.05, 0) is 11.6 Å². The normalized spacial score (nSPS) is 11.6. The second-order valence-electron chi connectivity index (χ2n) is 5.60. The summed E-state index contributed by atoms with van der Waals surface area (Å²) in [4.78, 5) is 0. The van der Waals surface area contributed by atoms with E-state index in [1.807, 2.05) is 18.2 Å². The zero-order valence-electron chi connectivity index (χ0n) is 11.9. The van der Waals surface area contributed by atoms with Gasteiger partial charge in [0.05, 0.1) is 0 Å². The van der Waals surface area contributed by atoms with E-state index in [1.165, 1.54) is 11.6 Å². The van der Waals surface area contributed by atoms with E-state index in [2.05, 4.69) is 31.3 Å². The van der Waals surface area contributed by atoms with Crippen molar-refractivity contribution in [3.05, 3.63) is 65.5 Å². The lowest BCUT2D eigenvalue weighted by atomic mass is 9.84. The molecule has 0 heterocycles. The summed E-state index contributed by atoms with van der Waals surface area (Å²) in [5.74, 6) is -0.843. The maximum absolute atomic E-state index is 13.2. The molecule has 0 saturated heterocycles. The van der Waals surface area contributed by atoms with E-state index in [0.717, 1.165) is 6.54 Å². The molecule has 2 N–H and O–H groups in total. The Hall–Kier alpha value is -1.87. The number of phenolic OH excluding ortho intramolecular Hbond substituents is 1. The van der Waals surface area contributed by atoms with E-state index >= 15 is 0 Å². The highest BCUT2D eigenvalue weighted by molar-refractivity contribution is 5.33. The van der Waals surface area contributed by atoms with Crippen LogP contribution in [0, 0.1) is 5.82 Å². The Morgan fingerprint density at radius 1 is 1.05 bits per heavy atom. The molecule has 3 heteroatoms. The third kappa shape index (κ3) is 3.36. The van der Waals surface area contributed by atoms with Crippen LogP contribution in [0.4, 0.5) is 4.39 Å². The molecule has 106 valence electrons. The summed E-state index contributed by atoms with van der Waals surface area (Å²) < 4.78 is 13.2. The van der Waals surface area contributed by atoms with Crippen molar-refractivity contribution in [2.24, 2.45) is 0 Å². The molecular formula is C17H20FNO. The van der Waals surface area contributed by atoms with Crippen LogP contribution in [0.25, 0.3) is 0 Å². The van der Waals surface area contributed by atoms with Gasteiger partial charge in [-0.3, -0.25) is 0 Å². The van der Waals surface area contributed by atoms with Gasteiger partial charge in [0, 0.05) is 24.1 Å². The molecule has 0 amide bonds. The second-order valence-corrected chi connectivity index (χ2v) is 5.60. The Morgan fingerprint density at radius 3 is 2.45 bits per heavy atom. The van der Waals surface area contributed by atoms with E-state index in [-0.39, 0.29) is 11.2 Å². The minimum atomic E-state index is -0.577. The van der Waals surface area contributed by atoms with Crippen molar-refractivity contribution in [1.29, 1.82) is 0 Å². The molecule has 0 aliphatic heterocycles. The first-order chi connectivity index (χ1) is 9.50. The van der Waals surface area contributed by atoms with E-state index in [0.29, 0.717) is 12.1 Å². The standard InChI is InChI=1S/C17H20FNO/c1-17(2,14-8-4-3-5-9-14)12-19-11-13-7-6-10-15(18)16(13)20/h3-10,19-20H,11-12H2,1-2H3. The fraction of sp³-hybridized carbons (Fsp3) is 0.294. The largest absolute Gasteiger partial charge is 0.505 e. The highest BCUT2D eigenvalue weighted by Crippen LogP contribution is 2.23. The number of benzene rings is 2. The SMILES string of the molecule is CC(C)(CNCc1cccc(F)c1O)c1ccccc1. The predicted molar refractivity (Wildman–Crippen MR) is 79.2 cm³/mol. The number of para-hydroxylation sites is 1. The van der Waals surface area contributed by atoms with Gasteiger partial charge in [-0.1, -0.05) is 56.3 Å². The number of rotatable bonds is 5. The maximum Gasteiger partial charge on any atom is 0.165 e. The van der Waals surface area contributed by atoms with E-state index in [4.69, 9.17) is 0 Å². The molecule has 0 aromatic heterocycles. The third-order valence-electron chi connectivity index (χ3n) is 3.51. The van der Waals surface area contributed by atoms with E-state index in [9.17, 15) is 9.50 Å². The number of halogens is 1. The van der Waals surface area contributed by atoms with Gasteiger partial charge in [-0.15, -0.1) is 0 Å². The summed E-state index contributed by atoms with van der Waals surface area (Å²) >= 11 is 0. The number of aromatic hydroxyl groups is 1. The molecule has 0 bridgehead atoms. The molecule has 20 heavy (non-hydrogen) atoms. The number of hydrogen-bond donors (Lipinski definition) is 2. The maximum atomic E-state index is 13.2. The van der Waals surface area contributed by atoms with Crippen LogP contribution in [0.1, 0.15) is 25.0 Å². The van der Waals surface area contributed by atoms with Crippen LogP contribution in [0.15, 0.2) is 48.5 Å². The van der Waals surface area contributed by atoms with Gasteiger partial charge in [0.25, 0.3) is 0 Å². The Morgan fingerprint density at radius 2 is 1.75 bits per heavy atom. The molecule has 0 unspecified atom stereocenters. The van der Waals surface area contributed by atoms with E-state index < -0.39 is 5.82 Å². The minimum absolute atomic E-state index is 0.0236. The highest BCUT2D eigenvalue weighted by atomic mass is 19.1. The van der Waals surface area contributed by atoms with Gasteiger partial charge in [0.15, 0.2) is 11.6 Å². The number of hydrogen-bond acceptors (Lipinski definition) is 2. The number of nitrogens with one attached hydrogen (secondary N) is 1. The summed E-state index contributed by atoms with van der Waals surface area (Å²) in [5.41, 5.74) is 1.80. The van der Waals surface area contributed by atoms with Crippen molar-refractivity contribution in [2.45, 2.75) is 25.8 Å². The highest BCUT2D eigenvalue weighted by Gasteiger charge is 2.19. The quantitative estimate of drug-likeness (QED) is 0.872. The smallest absolute Gasteiger partial charge is 0.165 e. The summed E-state index contributed by atoms with van der Waals surface area (Å²) in [6.07, 6.45) is 0. The van der Waals surface area contributed by atoms with Crippen LogP contribution in [-0.2, 0) is 12.0 Å². The van der Waals surface area contributed by atoms with Gasteiger partial charge < -0.3 is 10.4 Å². The topological polar surface area (TPSA) is 32.3 Å². The Bertz CT molecular complexity index is 566. The van der Waals surface area contributed by atoms with Gasteiger partial charge in [0.2, 0.25) is 0 Å². The molecule has 2 nitrogen and oxygen atoms in total. The molecule has 0 atom stereocenters. The van der Waals surface area contributed by atoms with Crippen LogP contribution in [0.3, 0.4) is 0 Å². The zero-order chi connectivity index (χ0) is 14.6. The van der Waals surface area contributed by atoms with Crippen molar-refractivity contribution < 1.29 is 9.50 Å². The second kappa shape index (κ2) is 6.06. The molecule has 0 spiro atoms.